The van der Waals surface area contributed by atoms with Crippen LogP contribution in [0.3, 0.4) is 0 Å². The van der Waals surface area contributed by atoms with Crippen LogP contribution in [-0.4, -0.2) is 28.0 Å². The van der Waals surface area contributed by atoms with Gasteiger partial charge in [-0.2, -0.15) is 0 Å². The minimum Gasteiger partial charge on any atom is -0.496 e. The van der Waals surface area contributed by atoms with Crippen molar-refractivity contribution in [3.8, 4) is 5.75 Å². The van der Waals surface area contributed by atoms with Crippen LogP contribution in [0.2, 0.25) is 0 Å². The van der Waals surface area contributed by atoms with Crippen LogP contribution < -0.4 is 14.8 Å². The number of amides is 1. The van der Waals surface area contributed by atoms with Crippen molar-refractivity contribution in [2.75, 3.05) is 19.0 Å². The van der Waals surface area contributed by atoms with Gasteiger partial charge >= 0.3 is 0 Å². The monoisotopic (exact) mass is 366 g/mol. The number of carbonyl (C=O) groups is 1. The summed E-state index contributed by atoms with van der Waals surface area (Å²) in [6, 6.07) is 8.44. The highest BCUT2D eigenvalue weighted by molar-refractivity contribution is 7.89. The molecule has 0 saturated heterocycles. The second-order valence-corrected chi connectivity index (χ2v) is 7.21. The maximum atomic E-state index is 13.1. The Labute approximate surface area is 146 Å². The van der Waals surface area contributed by atoms with E-state index in [0.717, 1.165) is 6.07 Å². The summed E-state index contributed by atoms with van der Waals surface area (Å²) in [6.07, 6.45) is 0. The second-order valence-electron chi connectivity index (χ2n) is 5.47. The Morgan fingerprint density at radius 3 is 2.52 bits per heavy atom. The lowest BCUT2D eigenvalue weighted by atomic mass is 10.1. The highest BCUT2D eigenvalue weighted by Crippen LogP contribution is 2.25. The maximum Gasteiger partial charge on any atom is 0.241 e. The predicted octanol–water partition coefficient (Wildman–Crippen LogP) is 2.37. The molecular weight excluding hydrogens is 347 g/mol. The molecule has 0 radical (unpaired) electrons. The molecule has 8 heteroatoms. The smallest absolute Gasteiger partial charge is 0.241 e. The topological polar surface area (TPSA) is 84.5 Å². The van der Waals surface area contributed by atoms with E-state index in [2.05, 4.69) is 10.0 Å². The minimum absolute atomic E-state index is 0.0735. The molecule has 25 heavy (non-hydrogen) atoms. The van der Waals surface area contributed by atoms with Gasteiger partial charge in [-0.1, -0.05) is 6.07 Å². The third kappa shape index (κ3) is 4.77. The molecule has 2 rings (SSSR count). The van der Waals surface area contributed by atoms with Gasteiger partial charge in [-0.3, -0.25) is 4.79 Å². The van der Waals surface area contributed by atoms with Gasteiger partial charge in [0.2, 0.25) is 15.9 Å². The molecule has 0 bridgehead atoms. The summed E-state index contributed by atoms with van der Waals surface area (Å²) in [5.41, 5.74) is 1.42. The highest BCUT2D eigenvalue weighted by atomic mass is 32.2. The van der Waals surface area contributed by atoms with Crippen molar-refractivity contribution in [2.24, 2.45) is 0 Å². The van der Waals surface area contributed by atoms with Gasteiger partial charge in [-0.25, -0.2) is 17.5 Å². The van der Waals surface area contributed by atoms with Gasteiger partial charge in [-0.15, -0.1) is 0 Å². The fourth-order valence-electron chi connectivity index (χ4n) is 2.28. The van der Waals surface area contributed by atoms with Gasteiger partial charge in [0, 0.05) is 5.69 Å². The molecule has 0 heterocycles. The standard InChI is InChI=1S/C17H19FN2O4S/c1-11-8-16(12(2)7-15(11)24-3)25(22,23)19-10-17(21)20-14-6-4-5-13(18)9-14/h4-9,19H,10H2,1-3H3,(H,20,21). The Bertz CT molecular complexity index is 898. The molecule has 0 aromatic heterocycles. The predicted molar refractivity (Wildman–Crippen MR) is 92.7 cm³/mol. The molecule has 6 nitrogen and oxygen atoms in total. The van der Waals surface area contributed by atoms with Crippen LogP contribution in [0.25, 0.3) is 0 Å². The fraction of sp³-hybridized carbons (Fsp3) is 0.235. The third-order valence-electron chi connectivity index (χ3n) is 3.51. The molecule has 0 unspecified atom stereocenters. The molecule has 2 aromatic carbocycles. The Morgan fingerprint density at radius 2 is 1.88 bits per heavy atom. The molecule has 0 saturated carbocycles. The lowest BCUT2D eigenvalue weighted by Gasteiger charge is -2.13. The molecule has 2 N–H and O–H groups in total. The Balaban J connectivity index is 2.09. The Hall–Kier alpha value is -2.45. The number of rotatable bonds is 6. The van der Waals surface area contributed by atoms with E-state index in [4.69, 9.17) is 4.74 Å². The van der Waals surface area contributed by atoms with Crippen LogP contribution in [0.1, 0.15) is 11.1 Å². The average Bonchev–Trinajstić information content (AvgIpc) is 2.54. The fourth-order valence-corrected chi connectivity index (χ4v) is 3.57. The number of anilines is 1. The lowest BCUT2D eigenvalue weighted by molar-refractivity contribution is -0.115. The zero-order valence-corrected chi connectivity index (χ0v) is 14.9. The Morgan fingerprint density at radius 1 is 1.16 bits per heavy atom. The summed E-state index contributed by atoms with van der Waals surface area (Å²) in [5, 5.41) is 2.43. The van der Waals surface area contributed by atoms with Crippen LogP contribution in [0.15, 0.2) is 41.3 Å². The van der Waals surface area contributed by atoms with Crippen LogP contribution in [0, 0.1) is 19.7 Å². The lowest BCUT2D eigenvalue weighted by Crippen LogP contribution is -2.33. The molecule has 0 fully saturated rings. The quantitative estimate of drug-likeness (QED) is 0.822. The first-order valence-electron chi connectivity index (χ1n) is 7.43. The van der Waals surface area contributed by atoms with Crippen molar-refractivity contribution in [2.45, 2.75) is 18.7 Å². The third-order valence-corrected chi connectivity index (χ3v) is 5.06. The van der Waals surface area contributed by atoms with Crippen LogP contribution >= 0.6 is 0 Å². The summed E-state index contributed by atoms with van der Waals surface area (Å²) in [6.45, 7) is 2.90. The summed E-state index contributed by atoms with van der Waals surface area (Å²) in [4.78, 5) is 11.9. The number of hydrogen-bond acceptors (Lipinski definition) is 4. The van der Waals surface area contributed by atoms with Gasteiger partial charge in [0.15, 0.2) is 0 Å². The molecule has 2 aromatic rings. The summed E-state index contributed by atoms with van der Waals surface area (Å²) < 4.78 is 45.3. The van der Waals surface area contributed by atoms with Gasteiger partial charge < -0.3 is 10.1 Å². The van der Waals surface area contributed by atoms with E-state index in [1.807, 2.05) is 0 Å². The number of halogens is 1. The summed E-state index contributed by atoms with van der Waals surface area (Å²) in [7, 11) is -2.37. The summed E-state index contributed by atoms with van der Waals surface area (Å²) >= 11 is 0. The van der Waals surface area contributed by atoms with E-state index in [1.54, 1.807) is 19.9 Å². The number of hydrogen-bond donors (Lipinski definition) is 2. The van der Waals surface area contributed by atoms with Crippen molar-refractivity contribution in [3.63, 3.8) is 0 Å². The molecular formula is C17H19FN2O4S. The van der Waals surface area contributed by atoms with E-state index < -0.39 is 28.3 Å². The van der Waals surface area contributed by atoms with Crippen molar-refractivity contribution in [1.29, 1.82) is 0 Å². The number of ether oxygens (including phenoxy) is 1. The van der Waals surface area contributed by atoms with Crippen LogP contribution in [-0.2, 0) is 14.8 Å². The van der Waals surface area contributed by atoms with Crippen LogP contribution in [0.5, 0.6) is 5.75 Å². The number of aryl methyl sites for hydroxylation is 2. The maximum absolute atomic E-state index is 13.1. The number of methoxy groups -OCH3 is 1. The molecule has 0 aliphatic rings. The first-order chi connectivity index (χ1) is 11.7. The van der Waals surface area contributed by atoms with Gasteiger partial charge in [0.25, 0.3) is 0 Å². The van der Waals surface area contributed by atoms with Gasteiger partial charge in [0.1, 0.15) is 11.6 Å². The molecule has 0 atom stereocenters. The number of sulfonamides is 1. The van der Waals surface area contributed by atoms with E-state index >= 15 is 0 Å². The van der Waals surface area contributed by atoms with Crippen LogP contribution in [0.4, 0.5) is 10.1 Å². The van der Waals surface area contributed by atoms with E-state index in [9.17, 15) is 17.6 Å². The zero-order valence-electron chi connectivity index (χ0n) is 14.1. The second kappa shape index (κ2) is 7.62. The minimum atomic E-state index is -3.87. The largest absolute Gasteiger partial charge is 0.496 e. The summed E-state index contributed by atoms with van der Waals surface area (Å²) in [5.74, 6) is -0.514. The van der Waals surface area contributed by atoms with E-state index in [0.29, 0.717) is 16.9 Å². The number of nitrogens with one attached hydrogen (secondary N) is 2. The molecule has 0 aliphatic carbocycles. The van der Waals surface area contributed by atoms with E-state index in [1.165, 1.54) is 31.4 Å². The normalized spacial score (nSPS) is 11.2. The molecule has 0 aliphatic heterocycles. The number of carbonyl (C=O) groups excluding carboxylic acids is 1. The Kier molecular flexibility index (Phi) is 5.76. The highest BCUT2D eigenvalue weighted by Gasteiger charge is 2.19. The van der Waals surface area contributed by atoms with Crippen molar-refractivity contribution in [1.82, 2.24) is 4.72 Å². The first kappa shape index (κ1) is 18.9. The molecule has 0 spiro atoms. The zero-order chi connectivity index (χ0) is 18.6. The van der Waals surface area contributed by atoms with Crippen molar-refractivity contribution >= 4 is 21.6 Å². The molecule has 1 amide bonds. The van der Waals surface area contributed by atoms with Crippen molar-refractivity contribution < 1.29 is 22.3 Å². The average molecular weight is 366 g/mol. The SMILES string of the molecule is COc1cc(C)c(S(=O)(=O)NCC(=O)Nc2cccc(F)c2)cc1C. The molecule has 134 valence electrons. The van der Waals surface area contributed by atoms with E-state index in [-0.39, 0.29) is 10.6 Å². The van der Waals surface area contributed by atoms with Gasteiger partial charge in [-0.05, 0) is 55.3 Å². The first-order valence-corrected chi connectivity index (χ1v) is 8.91. The van der Waals surface area contributed by atoms with Gasteiger partial charge in [0.05, 0.1) is 18.6 Å². The van der Waals surface area contributed by atoms with Crippen molar-refractivity contribution in [3.05, 3.63) is 53.3 Å². The number of benzene rings is 2.